The van der Waals surface area contributed by atoms with Crippen LogP contribution < -0.4 is 5.56 Å². The predicted octanol–water partition coefficient (Wildman–Crippen LogP) is 5.12. The SMILES string of the molecule is CCCc1cc(C[C@H](C)CC)c(/C(O)=C(\C)C(=O)OCC)c(=O)n1CC(=O)c1ccccc1. The summed E-state index contributed by atoms with van der Waals surface area (Å²) in [4.78, 5) is 38.9. The summed E-state index contributed by atoms with van der Waals surface area (Å²) >= 11 is 0. The lowest BCUT2D eigenvalue weighted by molar-refractivity contribution is -0.138. The summed E-state index contributed by atoms with van der Waals surface area (Å²) in [6, 6.07) is 10.7. The molecule has 1 aromatic carbocycles. The summed E-state index contributed by atoms with van der Waals surface area (Å²) in [5.41, 5.74) is 1.52. The molecule has 1 heterocycles. The van der Waals surface area contributed by atoms with E-state index in [2.05, 4.69) is 13.8 Å². The van der Waals surface area contributed by atoms with Gasteiger partial charge in [-0.1, -0.05) is 63.9 Å². The first-order valence-corrected chi connectivity index (χ1v) is 11.7. The monoisotopic (exact) mass is 453 g/mol. The first kappa shape index (κ1) is 26.1. The number of benzene rings is 1. The zero-order valence-corrected chi connectivity index (χ0v) is 20.3. The van der Waals surface area contributed by atoms with Gasteiger partial charge in [-0.05, 0) is 44.2 Å². The van der Waals surface area contributed by atoms with Crippen molar-refractivity contribution in [3.8, 4) is 0 Å². The lowest BCUT2D eigenvalue weighted by atomic mass is 9.93. The number of ether oxygens (including phenoxy) is 1. The number of pyridine rings is 1. The third kappa shape index (κ3) is 6.44. The number of Topliss-reactive ketones (excluding diaryl/α,β-unsaturated/α-hetero) is 1. The maximum absolute atomic E-state index is 13.7. The number of hydrogen-bond donors (Lipinski definition) is 1. The second-order valence-electron chi connectivity index (χ2n) is 8.38. The van der Waals surface area contributed by atoms with E-state index in [9.17, 15) is 19.5 Å². The van der Waals surface area contributed by atoms with Crippen molar-refractivity contribution in [1.29, 1.82) is 0 Å². The van der Waals surface area contributed by atoms with Crippen molar-refractivity contribution >= 4 is 17.5 Å². The van der Waals surface area contributed by atoms with Crippen LogP contribution in [0.25, 0.3) is 5.76 Å². The lowest BCUT2D eigenvalue weighted by Gasteiger charge is -2.20. The molecule has 6 heteroatoms. The van der Waals surface area contributed by atoms with Crippen molar-refractivity contribution in [2.24, 2.45) is 5.92 Å². The molecule has 0 aliphatic rings. The molecule has 0 fully saturated rings. The van der Waals surface area contributed by atoms with Gasteiger partial charge in [0.1, 0.15) is 5.76 Å². The number of nitrogens with zero attached hydrogens (tertiary/aromatic N) is 1. The number of aryl methyl sites for hydroxylation is 1. The summed E-state index contributed by atoms with van der Waals surface area (Å²) in [6.07, 6.45) is 2.89. The molecule has 2 aromatic rings. The van der Waals surface area contributed by atoms with Gasteiger partial charge >= 0.3 is 5.97 Å². The van der Waals surface area contributed by atoms with Gasteiger partial charge < -0.3 is 14.4 Å². The Morgan fingerprint density at radius 1 is 1.12 bits per heavy atom. The molecular formula is C27H35NO5. The van der Waals surface area contributed by atoms with Gasteiger partial charge in [-0.2, -0.15) is 0 Å². The van der Waals surface area contributed by atoms with Crippen molar-refractivity contribution in [2.75, 3.05) is 6.61 Å². The molecule has 1 atom stereocenters. The topological polar surface area (TPSA) is 85.6 Å². The Hall–Kier alpha value is -3.15. The van der Waals surface area contributed by atoms with E-state index in [4.69, 9.17) is 4.74 Å². The Balaban J connectivity index is 2.72. The molecule has 1 N–H and O–H groups in total. The van der Waals surface area contributed by atoms with Crippen molar-refractivity contribution in [1.82, 2.24) is 4.57 Å². The highest BCUT2D eigenvalue weighted by molar-refractivity contribution is 5.96. The van der Waals surface area contributed by atoms with E-state index >= 15 is 0 Å². The number of carbonyl (C=O) groups is 2. The fourth-order valence-corrected chi connectivity index (χ4v) is 3.71. The van der Waals surface area contributed by atoms with Crippen LogP contribution in [-0.4, -0.2) is 28.0 Å². The van der Waals surface area contributed by atoms with Crippen LogP contribution in [0.3, 0.4) is 0 Å². The van der Waals surface area contributed by atoms with Gasteiger partial charge in [0.15, 0.2) is 5.78 Å². The van der Waals surface area contributed by atoms with E-state index in [0.717, 1.165) is 18.5 Å². The van der Waals surface area contributed by atoms with Gasteiger partial charge in [0.25, 0.3) is 5.56 Å². The normalized spacial score (nSPS) is 12.8. The first-order valence-electron chi connectivity index (χ1n) is 11.7. The zero-order valence-electron chi connectivity index (χ0n) is 20.3. The third-order valence-electron chi connectivity index (χ3n) is 5.81. The van der Waals surface area contributed by atoms with Crippen molar-refractivity contribution in [2.45, 2.75) is 66.8 Å². The van der Waals surface area contributed by atoms with Gasteiger partial charge in [-0.15, -0.1) is 0 Å². The van der Waals surface area contributed by atoms with Crippen LogP contribution in [-0.2, 0) is 28.9 Å². The van der Waals surface area contributed by atoms with Crippen LogP contribution in [0.4, 0.5) is 0 Å². The number of carbonyl (C=O) groups excluding carboxylic acids is 2. The standard InChI is InChI=1S/C27H35NO5/c1-6-12-22-16-21(15-18(4)7-2)24(25(30)19(5)27(32)33-8-3)26(31)28(22)17-23(29)20-13-10-9-11-14-20/h9-11,13-14,16,18,30H,6-8,12,15,17H2,1-5H3/b25-19-/t18-/m1/s1. The fourth-order valence-electron chi connectivity index (χ4n) is 3.71. The fraction of sp³-hybridized carbons (Fsp3) is 0.444. The average Bonchev–Trinajstić information content (AvgIpc) is 2.81. The predicted molar refractivity (Wildman–Crippen MR) is 130 cm³/mol. The zero-order chi connectivity index (χ0) is 24.5. The van der Waals surface area contributed by atoms with E-state index in [-0.39, 0.29) is 41.7 Å². The van der Waals surface area contributed by atoms with Crippen molar-refractivity contribution < 1.29 is 19.4 Å². The van der Waals surface area contributed by atoms with Crippen LogP contribution in [0, 0.1) is 5.92 Å². The molecule has 178 valence electrons. The Kier molecular flexibility index (Phi) is 9.64. The van der Waals surface area contributed by atoms with Crippen molar-refractivity contribution in [3.05, 3.63) is 74.7 Å². The van der Waals surface area contributed by atoms with Gasteiger partial charge in [-0.3, -0.25) is 9.59 Å². The van der Waals surface area contributed by atoms with Crippen LogP contribution in [0.5, 0.6) is 0 Å². The van der Waals surface area contributed by atoms with Crippen LogP contribution in [0.15, 0.2) is 46.8 Å². The lowest BCUT2D eigenvalue weighted by Crippen LogP contribution is -2.32. The van der Waals surface area contributed by atoms with E-state index in [1.54, 1.807) is 31.2 Å². The van der Waals surface area contributed by atoms with Gasteiger partial charge in [0.05, 0.1) is 24.3 Å². The van der Waals surface area contributed by atoms with Crippen LogP contribution >= 0.6 is 0 Å². The highest BCUT2D eigenvalue weighted by atomic mass is 16.5. The highest BCUT2D eigenvalue weighted by Crippen LogP contribution is 2.24. The average molecular weight is 454 g/mol. The molecule has 6 nitrogen and oxygen atoms in total. The summed E-state index contributed by atoms with van der Waals surface area (Å²) in [5.74, 6) is -0.981. The molecule has 0 unspecified atom stereocenters. The Morgan fingerprint density at radius 3 is 2.36 bits per heavy atom. The molecule has 0 bridgehead atoms. The molecule has 0 aliphatic heterocycles. The second-order valence-corrected chi connectivity index (χ2v) is 8.38. The van der Waals surface area contributed by atoms with E-state index < -0.39 is 11.5 Å². The molecule has 0 saturated carbocycles. The number of rotatable bonds is 11. The maximum atomic E-state index is 13.7. The van der Waals surface area contributed by atoms with Gasteiger partial charge in [0, 0.05) is 11.3 Å². The molecule has 0 amide bonds. The minimum Gasteiger partial charge on any atom is -0.507 e. The Morgan fingerprint density at radius 2 is 1.79 bits per heavy atom. The molecule has 0 aliphatic carbocycles. The molecule has 2 rings (SSSR count). The molecule has 33 heavy (non-hydrogen) atoms. The smallest absolute Gasteiger partial charge is 0.337 e. The summed E-state index contributed by atoms with van der Waals surface area (Å²) in [7, 11) is 0. The molecule has 0 spiro atoms. The highest BCUT2D eigenvalue weighted by Gasteiger charge is 2.24. The minimum atomic E-state index is -0.673. The molecule has 0 saturated heterocycles. The number of esters is 1. The van der Waals surface area contributed by atoms with E-state index in [1.807, 2.05) is 19.1 Å². The molecular weight excluding hydrogens is 418 g/mol. The summed E-state index contributed by atoms with van der Waals surface area (Å²) < 4.78 is 6.46. The van der Waals surface area contributed by atoms with Gasteiger partial charge in [0.2, 0.25) is 0 Å². The number of aliphatic hydroxyl groups is 1. The van der Waals surface area contributed by atoms with Crippen LogP contribution in [0.2, 0.25) is 0 Å². The largest absolute Gasteiger partial charge is 0.507 e. The van der Waals surface area contributed by atoms with E-state index in [1.165, 1.54) is 11.5 Å². The number of aliphatic hydroxyl groups excluding tert-OH is 1. The molecule has 0 radical (unpaired) electrons. The summed E-state index contributed by atoms with van der Waals surface area (Å²) in [5, 5.41) is 11.0. The number of hydrogen-bond acceptors (Lipinski definition) is 5. The maximum Gasteiger partial charge on any atom is 0.337 e. The minimum absolute atomic E-state index is 0.0245. The van der Waals surface area contributed by atoms with Gasteiger partial charge in [-0.25, -0.2) is 4.79 Å². The molecule has 1 aromatic heterocycles. The number of aromatic nitrogens is 1. The Labute approximate surface area is 195 Å². The second kappa shape index (κ2) is 12.2. The van der Waals surface area contributed by atoms with Crippen molar-refractivity contribution in [3.63, 3.8) is 0 Å². The Bertz CT molecular complexity index is 1070. The summed E-state index contributed by atoms with van der Waals surface area (Å²) in [6.45, 7) is 9.30. The third-order valence-corrected chi connectivity index (χ3v) is 5.81. The number of ketones is 1. The van der Waals surface area contributed by atoms with E-state index in [0.29, 0.717) is 24.0 Å². The first-order chi connectivity index (χ1) is 15.7. The van der Waals surface area contributed by atoms with Crippen LogP contribution in [0.1, 0.15) is 74.6 Å². The quantitative estimate of drug-likeness (QED) is 0.221.